The Labute approximate surface area is 339 Å². The first kappa shape index (κ1) is 50.6. The van der Waals surface area contributed by atoms with Crippen LogP contribution in [-0.4, -0.2) is 193 Å². The van der Waals surface area contributed by atoms with Crippen molar-refractivity contribution in [1.29, 1.82) is 0 Å². The first-order valence-electron chi connectivity index (χ1n) is 20.5. The van der Waals surface area contributed by atoms with Crippen LogP contribution in [0.3, 0.4) is 0 Å². The van der Waals surface area contributed by atoms with Crippen molar-refractivity contribution >= 4 is 5.97 Å². The van der Waals surface area contributed by atoms with Gasteiger partial charge in [-0.1, -0.05) is 63.3 Å². The molecule has 0 unspecified atom stereocenters. The average molecular weight is 841 g/mol. The predicted octanol–water partition coefficient (Wildman–Crippen LogP) is -1.83. The number of aliphatic hydroxyl groups is 11. The summed E-state index contributed by atoms with van der Waals surface area (Å²) < 4.78 is 37.8. The van der Waals surface area contributed by atoms with Gasteiger partial charge in [0.1, 0.15) is 86.0 Å². The summed E-state index contributed by atoms with van der Waals surface area (Å²) in [6.07, 6.45) is -5.59. The number of ether oxygens (including phenoxy) is 7. The molecule has 3 saturated heterocycles. The van der Waals surface area contributed by atoms with Gasteiger partial charge in [0.2, 0.25) is 0 Å². The number of aliphatic hydroxyl groups excluding tert-OH is 11. The molecule has 3 fully saturated rings. The van der Waals surface area contributed by atoms with E-state index in [2.05, 4.69) is 31.2 Å². The van der Waals surface area contributed by atoms with E-state index in [-0.39, 0.29) is 6.42 Å². The van der Waals surface area contributed by atoms with Gasteiger partial charge < -0.3 is 89.3 Å². The zero-order valence-corrected chi connectivity index (χ0v) is 33.3. The van der Waals surface area contributed by atoms with Gasteiger partial charge in [-0.25, -0.2) is 0 Å². The fraction of sp³-hybridized carbons (Fsp3) is 0.872. The molecule has 338 valence electrons. The van der Waals surface area contributed by atoms with Crippen molar-refractivity contribution in [1.82, 2.24) is 0 Å². The second-order valence-corrected chi connectivity index (χ2v) is 15.0. The van der Waals surface area contributed by atoms with E-state index in [1.54, 1.807) is 0 Å². The van der Waals surface area contributed by atoms with Gasteiger partial charge in [-0.05, 0) is 38.5 Å². The lowest BCUT2D eigenvalue weighted by molar-refractivity contribution is -0.343. The maximum Gasteiger partial charge on any atom is 0.305 e. The third-order valence-electron chi connectivity index (χ3n) is 10.3. The number of hydrogen-bond acceptors (Lipinski definition) is 19. The molecule has 58 heavy (non-hydrogen) atoms. The van der Waals surface area contributed by atoms with E-state index in [1.807, 2.05) is 0 Å². The van der Waals surface area contributed by atoms with Gasteiger partial charge in [0, 0.05) is 6.42 Å². The minimum Gasteiger partial charge on any atom is -0.463 e. The summed E-state index contributed by atoms with van der Waals surface area (Å²) >= 11 is 0. The van der Waals surface area contributed by atoms with E-state index < -0.39 is 137 Å². The highest BCUT2D eigenvalue weighted by Crippen LogP contribution is 2.28. The van der Waals surface area contributed by atoms with Crippen molar-refractivity contribution in [3.05, 3.63) is 24.3 Å². The average Bonchev–Trinajstić information content (AvgIpc) is 3.21. The van der Waals surface area contributed by atoms with Gasteiger partial charge in [-0.15, -0.1) is 0 Å². The highest BCUT2D eigenvalue weighted by molar-refractivity contribution is 5.69. The number of esters is 1. The van der Waals surface area contributed by atoms with Crippen molar-refractivity contribution in [2.75, 3.05) is 33.0 Å². The van der Waals surface area contributed by atoms with E-state index in [0.29, 0.717) is 6.42 Å². The SMILES string of the molecule is CCCCC/C=C\C/C=C\CCCCCCCC(=O)OC[C@H](O)CO[C@@H]1O[C@H](CO[C@@H]2O[C@H](CO[C@@H]3O[C@H](CO)[C@H](O)[C@H](O)[C@H]3O)[C@H](O)[C@H](O)[C@H]2O)[C@H](O)[C@H](O)[C@H]1O. The molecule has 0 spiro atoms. The Morgan fingerprint density at radius 1 is 0.552 bits per heavy atom. The highest BCUT2D eigenvalue weighted by Gasteiger charge is 2.49. The maximum atomic E-state index is 12.2. The van der Waals surface area contributed by atoms with Gasteiger partial charge in [0.05, 0.1) is 26.4 Å². The lowest BCUT2D eigenvalue weighted by Crippen LogP contribution is -2.62. The normalized spacial score (nSPS) is 36.4. The Morgan fingerprint density at radius 3 is 1.52 bits per heavy atom. The molecular weight excluding hydrogens is 772 g/mol. The van der Waals surface area contributed by atoms with Crippen LogP contribution in [0.1, 0.15) is 84.0 Å². The first-order valence-corrected chi connectivity index (χ1v) is 20.5. The molecule has 0 aliphatic carbocycles. The number of rotatable bonds is 26. The number of carbonyl (C=O) groups excluding carboxylic acids is 1. The molecule has 19 nitrogen and oxygen atoms in total. The van der Waals surface area contributed by atoms with Crippen molar-refractivity contribution in [3.8, 4) is 0 Å². The lowest BCUT2D eigenvalue weighted by Gasteiger charge is -2.43. The number of allylic oxidation sites excluding steroid dienone is 4. The molecule has 3 aliphatic heterocycles. The molecule has 16 atom stereocenters. The number of hydrogen-bond donors (Lipinski definition) is 11. The lowest BCUT2D eigenvalue weighted by atomic mass is 9.98. The van der Waals surface area contributed by atoms with Crippen LogP contribution in [0.15, 0.2) is 24.3 Å². The summed E-state index contributed by atoms with van der Waals surface area (Å²) in [6.45, 7) is -0.626. The zero-order valence-electron chi connectivity index (χ0n) is 33.3. The van der Waals surface area contributed by atoms with Crippen molar-refractivity contribution in [3.63, 3.8) is 0 Å². The van der Waals surface area contributed by atoms with Gasteiger partial charge >= 0.3 is 5.97 Å². The molecule has 3 aliphatic rings. The Morgan fingerprint density at radius 2 is 1.00 bits per heavy atom. The topological polar surface area (TPSA) is 304 Å². The Kier molecular flexibility index (Phi) is 23.8. The summed E-state index contributed by atoms with van der Waals surface area (Å²) in [4.78, 5) is 12.2. The fourth-order valence-corrected chi connectivity index (χ4v) is 6.56. The van der Waals surface area contributed by atoms with Crippen LogP contribution in [0.25, 0.3) is 0 Å². The molecule has 0 radical (unpaired) electrons. The molecule has 3 rings (SSSR count). The largest absolute Gasteiger partial charge is 0.463 e. The van der Waals surface area contributed by atoms with E-state index >= 15 is 0 Å². The maximum absolute atomic E-state index is 12.2. The monoisotopic (exact) mass is 840 g/mol. The summed E-state index contributed by atoms with van der Waals surface area (Å²) in [7, 11) is 0. The van der Waals surface area contributed by atoms with Crippen LogP contribution < -0.4 is 0 Å². The second kappa shape index (κ2) is 27.3. The molecule has 0 saturated carbocycles. The molecule has 0 aromatic carbocycles. The minimum absolute atomic E-state index is 0.190. The fourth-order valence-electron chi connectivity index (χ4n) is 6.56. The second-order valence-electron chi connectivity index (χ2n) is 15.0. The molecule has 3 heterocycles. The number of carbonyl (C=O) groups is 1. The molecular formula is C39H68O19. The highest BCUT2D eigenvalue weighted by atomic mass is 16.7. The minimum atomic E-state index is -1.85. The Balaban J connectivity index is 1.34. The van der Waals surface area contributed by atoms with Gasteiger partial charge in [-0.2, -0.15) is 0 Å². The Hall–Kier alpha value is -1.73. The van der Waals surface area contributed by atoms with Crippen LogP contribution in [0.2, 0.25) is 0 Å². The molecule has 0 amide bonds. The standard InChI is InChI=1S/C39H68O19/c1-2-3-4-5-6-7-8-9-10-11-12-13-14-15-16-17-27(42)52-19-23(41)20-53-37-35(50)32(47)29(44)25(57-37)22-55-39-36(51)33(48)30(45)26(58-39)21-54-38-34(49)31(46)28(43)24(18-40)56-38/h6-7,9-10,23-26,28-41,43-51H,2-5,8,11-22H2,1H3/b7-6-,10-9-/t23-,24+,25+,26+,28-,29-,30-,31-,32-,33-,34+,35+,36+,37+,38+,39+/m0/s1. The van der Waals surface area contributed by atoms with Crippen molar-refractivity contribution in [2.24, 2.45) is 0 Å². The molecule has 0 aromatic rings. The van der Waals surface area contributed by atoms with Crippen molar-refractivity contribution < 1.29 is 94.1 Å². The van der Waals surface area contributed by atoms with Gasteiger partial charge in [0.15, 0.2) is 18.9 Å². The van der Waals surface area contributed by atoms with Crippen LogP contribution >= 0.6 is 0 Å². The smallest absolute Gasteiger partial charge is 0.305 e. The molecule has 19 heteroatoms. The summed E-state index contributed by atoms with van der Waals surface area (Å²) in [5, 5.41) is 113. The van der Waals surface area contributed by atoms with Gasteiger partial charge in [0.25, 0.3) is 0 Å². The molecule has 0 aromatic heterocycles. The predicted molar refractivity (Wildman–Crippen MR) is 201 cm³/mol. The van der Waals surface area contributed by atoms with Gasteiger partial charge in [-0.3, -0.25) is 4.79 Å². The van der Waals surface area contributed by atoms with Crippen LogP contribution in [0.5, 0.6) is 0 Å². The molecule has 0 bridgehead atoms. The third-order valence-corrected chi connectivity index (χ3v) is 10.3. The van der Waals surface area contributed by atoms with E-state index in [1.165, 1.54) is 19.3 Å². The summed E-state index contributed by atoms with van der Waals surface area (Å²) in [5.41, 5.74) is 0. The van der Waals surface area contributed by atoms with E-state index in [4.69, 9.17) is 33.2 Å². The summed E-state index contributed by atoms with van der Waals surface area (Å²) in [6, 6.07) is 0. The molecule has 11 N–H and O–H groups in total. The van der Waals surface area contributed by atoms with Crippen LogP contribution in [-0.2, 0) is 38.0 Å². The van der Waals surface area contributed by atoms with Crippen molar-refractivity contribution in [2.45, 2.75) is 182 Å². The summed E-state index contributed by atoms with van der Waals surface area (Å²) in [5.74, 6) is -0.484. The van der Waals surface area contributed by atoms with Crippen LogP contribution in [0, 0.1) is 0 Å². The Bertz CT molecular complexity index is 1180. The quantitative estimate of drug-likeness (QED) is 0.0259. The third kappa shape index (κ3) is 16.3. The first-order chi connectivity index (χ1) is 27.8. The zero-order chi connectivity index (χ0) is 42.6. The number of unbranched alkanes of at least 4 members (excludes halogenated alkanes) is 8. The van der Waals surface area contributed by atoms with E-state index in [0.717, 1.165) is 44.9 Å². The van der Waals surface area contributed by atoms with Crippen LogP contribution in [0.4, 0.5) is 0 Å². The van der Waals surface area contributed by atoms with E-state index in [9.17, 15) is 61.0 Å².